The predicted octanol–water partition coefficient (Wildman–Crippen LogP) is 2.56. The second-order valence-electron chi connectivity index (χ2n) is 4.47. The van der Waals surface area contributed by atoms with Crippen LogP contribution in [0.3, 0.4) is 0 Å². The predicted molar refractivity (Wildman–Crippen MR) is 79.8 cm³/mol. The molecule has 0 aliphatic rings. The topological polar surface area (TPSA) is 88.8 Å². The third-order valence-electron chi connectivity index (χ3n) is 2.88. The molecular weight excluding hydrogens is 329 g/mol. The number of Topliss-reactive ketones (excluding diaryl/α,β-unsaturated/α-hetero) is 1. The first-order valence-electron chi connectivity index (χ1n) is 6.30. The van der Waals surface area contributed by atoms with E-state index < -0.39 is 29.3 Å². The molecule has 2 N–H and O–H groups in total. The van der Waals surface area contributed by atoms with E-state index in [1.54, 1.807) is 0 Å². The molecule has 0 fully saturated rings. The fourth-order valence-electron chi connectivity index (χ4n) is 1.80. The lowest BCUT2D eigenvalue weighted by Gasteiger charge is -2.06. The van der Waals surface area contributed by atoms with E-state index in [9.17, 15) is 24.2 Å². The molecule has 0 aliphatic carbocycles. The summed E-state index contributed by atoms with van der Waals surface area (Å²) < 4.78 is 14.5. The molecule has 23 heavy (non-hydrogen) atoms. The molecule has 0 spiro atoms. The van der Waals surface area contributed by atoms with E-state index in [-0.39, 0.29) is 16.1 Å². The van der Waals surface area contributed by atoms with Crippen LogP contribution in [-0.4, -0.2) is 26.7 Å². The molecule has 0 aliphatic heterocycles. The van der Waals surface area contributed by atoms with E-state index in [1.165, 1.54) is 19.1 Å². The summed E-state index contributed by atoms with van der Waals surface area (Å²) in [5.74, 6) is -3.27. The molecule has 0 saturated heterocycles. The summed E-state index contributed by atoms with van der Waals surface area (Å²) in [6, 6.07) is 4.79. The van der Waals surface area contributed by atoms with Gasteiger partial charge in [-0.1, -0.05) is 11.6 Å². The lowest BCUT2D eigenvalue weighted by atomic mass is 10.0. The summed E-state index contributed by atoms with van der Waals surface area (Å²) in [6.45, 7) is 1.24. The van der Waals surface area contributed by atoms with Crippen molar-refractivity contribution in [2.45, 2.75) is 6.92 Å². The Kier molecular flexibility index (Phi) is 4.71. The van der Waals surface area contributed by atoms with Gasteiger partial charge in [-0.25, -0.2) is 9.18 Å². The summed E-state index contributed by atoms with van der Waals surface area (Å²) in [7, 11) is 0. The molecule has 6 nitrogen and oxygen atoms in total. The van der Waals surface area contributed by atoms with Crippen molar-refractivity contribution in [3.05, 3.63) is 52.3 Å². The Balaban J connectivity index is 2.28. The van der Waals surface area contributed by atoms with Crippen LogP contribution >= 0.6 is 11.6 Å². The summed E-state index contributed by atoms with van der Waals surface area (Å²) in [5.41, 5.74) is -0.120. The summed E-state index contributed by atoms with van der Waals surface area (Å²) >= 11 is 5.66. The van der Waals surface area contributed by atoms with Crippen LogP contribution in [0.1, 0.15) is 22.8 Å². The molecule has 8 heteroatoms. The van der Waals surface area contributed by atoms with Gasteiger partial charge in [0.25, 0.3) is 0 Å². The number of benzene rings is 1. The van der Waals surface area contributed by atoms with Crippen LogP contribution in [0, 0.1) is 5.82 Å². The first-order valence-corrected chi connectivity index (χ1v) is 6.68. The molecule has 0 radical (unpaired) electrons. The van der Waals surface area contributed by atoms with Crippen LogP contribution in [0.2, 0.25) is 5.02 Å². The van der Waals surface area contributed by atoms with Crippen LogP contribution < -0.4 is 4.84 Å². The van der Waals surface area contributed by atoms with Crippen LogP contribution in [-0.2, 0) is 4.79 Å². The van der Waals surface area contributed by atoms with Crippen molar-refractivity contribution in [3.8, 4) is 11.8 Å². The van der Waals surface area contributed by atoms with Crippen molar-refractivity contribution >= 4 is 29.4 Å². The molecule has 0 amide bonds. The number of hydrogen-bond donors (Lipinski definition) is 2. The summed E-state index contributed by atoms with van der Waals surface area (Å²) in [6.07, 6.45) is 1.86. The fourth-order valence-corrected chi connectivity index (χ4v) is 1.97. The van der Waals surface area contributed by atoms with Gasteiger partial charge in [0, 0.05) is 29.3 Å². The van der Waals surface area contributed by atoms with Gasteiger partial charge in [0.15, 0.2) is 5.78 Å². The standard InChI is InChI=1S/C15H11ClFNO5/c1-8(19)9-2-4-11(16)15(17)10(9)3-7-14(22)23-18-12(20)5-6-13(18)21/h2-7,20-21H,1H3. The molecule has 0 saturated carbocycles. The number of hydrogen-bond acceptors (Lipinski definition) is 5. The number of halogens is 2. The second-order valence-corrected chi connectivity index (χ2v) is 4.87. The highest BCUT2D eigenvalue weighted by Crippen LogP contribution is 2.24. The van der Waals surface area contributed by atoms with Gasteiger partial charge >= 0.3 is 5.97 Å². The van der Waals surface area contributed by atoms with E-state index in [0.717, 1.165) is 24.3 Å². The number of nitrogens with zero attached hydrogens (tertiary/aromatic N) is 1. The van der Waals surface area contributed by atoms with Crippen LogP contribution in [0.15, 0.2) is 30.3 Å². The molecule has 0 bridgehead atoms. The average molecular weight is 340 g/mol. The van der Waals surface area contributed by atoms with Gasteiger partial charge in [-0.2, -0.15) is 0 Å². The van der Waals surface area contributed by atoms with E-state index in [4.69, 9.17) is 11.6 Å². The van der Waals surface area contributed by atoms with Crippen molar-refractivity contribution in [3.63, 3.8) is 0 Å². The van der Waals surface area contributed by atoms with Crippen molar-refractivity contribution in [1.29, 1.82) is 0 Å². The molecule has 120 valence electrons. The van der Waals surface area contributed by atoms with Crippen LogP contribution in [0.4, 0.5) is 4.39 Å². The Hall–Kier alpha value is -2.80. The first-order chi connectivity index (χ1) is 10.8. The molecule has 1 aromatic heterocycles. The van der Waals surface area contributed by atoms with Gasteiger partial charge in [0.2, 0.25) is 11.8 Å². The molecule has 2 rings (SSSR count). The third kappa shape index (κ3) is 3.51. The number of ketones is 1. The van der Waals surface area contributed by atoms with Crippen LogP contribution in [0.25, 0.3) is 6.08 Å². The number of carbonyl (C=O) groups is 2. The van der Waals surface area contributed by atoms with Gasteiger partial charge in [-0.3, -0.25) is 4.79 Å². The maximum Gasteiger partial charge on any atom is 0.356 e. The highest BCUT2D eigenvalue weighted by Gasteiger charge is 2.14. The van der Waals surface area contributed by atoms with Gasteiger partial charge in [-0.15, -0.1) is 4.73 Å². The van der Waals surface area contributed by atoms with Gasteiger partial charge in [0.05, 0.1) is 5.02 Å². The van der Waals surface area contributed by atoms with Gasteiger partial charge in [-0.05, 0) is 25.1 Å². The maximum absolute atomic E-state index is 14.0. The SMILES string of the molecule is CC(=O)c1ccc(Cl)c(F)c1C=CC(=O)On1c(O)ccc1O. The minimum atomic E-state index is -1.01. The Bertz CT molecular complexity index is 793. The molecule has 1 aromatic carbocycles. The number of aromatic hydroxyl groups is 2. The highest BCUT2D eigenvalue weighted by molar-refractivity contribution is 6.31. The Labute approximate surface area is 134 Å². The van der Waals surface area contributed by atoms with E-state index in [1.807, 2.05) is 0 Å². The lowest BCUT2D eigenvalue weighted by Crippen LogP contribution is -2.16. The Morgan fingerprint density at radius 3 is 2.39 bits per heavy atom. The quantitative estimate of drug-likeness (QED) is 0.660. The summed E-state index contributed by atoms with van der Waals surface area (Å²) in [4.78, 5) is 27.8. The average Bonchev–Trinajstić information content (AvgIpc) is 2.80. The minimum Gasteiger partial charge on any atom is -0.492 e. The van der Waals surface area contributed by atoms with Crippen LogP contribution in [0.5, 0.6) is 11.8 Å². The maximum atomic E-state index is 14.0. The Morgan fingerprint density at radius 1 is 1.22 bits per heavy atom. The van der Waals surface area contributed by atoms with Crippen molar-refractivity contribution in [2.75, 3.05) is 0 Å². The number of carbonyl (C=O) groups excluding carboxylic acids is 2. The normalized spacial score (nSPS) is 10.9. The molecule has 1 heterocycles. The number of aromatic nitrogens is 1. The molecular formula is C15H11ClFNO5. The largest absolute Gasteiger partial charge is 0.492 e. The lowest BCUT2D eigenvalue weighted by molar-refractivity contribution is -0.139. The minimum absolute atomic E-state index is 0.0441. The smallest absolute Gasteiger partial charge is 0.356 e. The zero-order valence-electron chi connectivity index (χ0n) is 11.8. The van der Waals surface area contributed by atoms with Gasteiger partial charge < -0.3 is 15.1 Å². The molecule has 0 unspecified atom stereocenters. The second kappa shape index (κ2) is 6.53. The van der Waals surface area contributed by atoms with Gasteiger partial charge in [0.1, 0.15) is 5.82 Å². The van der Waals surface area contributed by atoms with E-state index in [2.05, 4.69) is 4.84 Å². The van der Waals surface area contributed by atoms with Crippen molar-refractivity contribution in [1.82, 2.24) is 4.73 Å². The fraction of sp³-hybridized carbons (Fsp3) is 0.0667. The highest BCUT2D eigenvalue weighted by atomic mass is 35.5. The monoisotopic (exact) mass is 339 g/mol. The first kappa shape index (κ1) is 16.6. The number of rotatable bonds is 4. The van der Waals surface area contributed by atoms with E-state index >= 15 is 0 Å². The van der Waals surface area contributed by atoms with E-state index in [0.29, 0.717) is 4.73 Å². The Morgan fingerprint density at radius 2 is 1.83 bits per heavy atom. The third-order valence-corrected chi connectivity index (χ3v) is 3.17. The summed E-state index contributed by atoms with van der Waals surface area (Å²) in [5, 5.41) is 18.5. The zero-order valence-corrected chi connectivity index (χ0v) is 12.5. The molecule has 2 aromatic rings. The molecule has 0 atom stereocenters. The van der Waals surface area contributed by atoms with Crippen molar-refractivity contribution < 1.29 is 29.0 Å². The van der Waals surface area contributed by atoms with Crippen molar-refractivity contribution in [2.24, 2.45) is 0 Å². The zero-order chi connectivity index (χ0) is 17.1.